The Hall–Kier alpha value is -4.71. The van der Waals surface area contributed by atoms with Crippen LogP contribution in [0, 0.1) is 5.92 Å². The van der Waals surface area contributed by atoms with Crippen molar-refractivity contribution in [2.24, 2.45) is 16.8 Å². The summed E-state index contributed by atoms with van der Waals surface area (Å²) in [4.78, 5) is 47.1. The molecule has 51 heavy (non-hydrogen) atoms. The number of carboxylic acids is 1. The first-order valence-electron chi connectivity index (χ1n) is 15.5. The fourth-order valence-electron chi connectivity index (χ4n) is 5.20. The number of nitrogens with one attached hydrogen (secondary N) is 2. The second kappa shape index (κ2) is 15.3. The van der Waals surface area contributed by atoms with Crippen molar-refractivity contribution in [3.05, 3.63) is 47.7 Å². The lowest BCUT2D eigenvalue weighted by Gasteiger charge is -2.50. The van der Waals surface area contributed by atoms with Crippen LogP contribution < -0.4 is 31.5 Å². The van der Waals surface area contributed by atoms with Crippen LogP contribution in [0.15, 0.2) is 47.2 Å². The first-order valence-corrected chi connectivity index (χ1v) is 17.7. The van der Waals surface area contributed by atoms with Crippen molar-refractivity contribution in [3.8, 4) is 16.9 Å². The Balaban J connectivity index is 1.26. The molecule has 2 fully saturated rings. The van der Waals surface area contributed by atoms with Gasteiger partial charge in [0.05, 0.1) is 23.8 Å². The monoisotopic (exact) mass is 752 g/mol. The number of nitrogens with two attached hydrogens (primary N) is 2. The molecule has 2 aliphatic heterocycles. The Morgan fingerprint density at radius 3 is 2.51 bits per heavy atom. The van der Waals surface area contributed by atoms with E-state index in [2.05, 4.69) is 25.1 Å². The number of aliphatic hydroxyl groups excluding tert-OH is 1. The number of carboxylic acid groups (broad SMARTS) is 1. The third-order valence-electron chi connectivity index (χ3n) is 8.12. The zero-order valence-electron chi connectivity index (χ0n) is 27.4. The number of nitrogen functional groups attached to an aromatic ring is 1. The maximum Gasteiger partial charge on any atom is 0.418 e. The van der Waals surface area contributed by atoms with E-state index in [9.17, 15) is 33.0 Å². The molecule has 0 aliphatic carbocycles. The number of hydroxylamine groups is 2. The number of hydrogen-bond acceptors (Lipinski definition) is 15. The van der Waals surface area contributed by atoms with Gasteiger partial charge in [0.1, 0.15) is 30.2 Å². The lowest BCUT2D eigenvalue weighted by atomic mass is 9.84. The van der Waals surface area contributed by atoms with E-state index in [4.69, 9.17) is 25.6 Å². The summed E-state index contributed by atoms with van der Waals surface area (Å²) in [5.41, 5.74) is 11.0. The highest BCUT2D eigenvalue weighted by atomic mass is 32.3. The van der Waals surface area contributed by atoms with Gasteiger partial charge in [-0.05, 0) is 31.5 Å². The molecular formula is C29H38N9O11S2+. The van der Waals surface area contributed by atoms with Crippen molar-refractivity contribution in [1.82, 2.24) is 25.4 Å². The summed E-state index contributed by atoms with van der Waals surface area (Å²) >= 11 is 0.953. The van der Waals surface area contributed by atoms with Gasteiger partial charge in [-0.1, -0.05) is 17.3 Å². The molecule has 2 aromatic heterocycles. The number of amides is 2. The maximum absolute atomic E-state index is 13.3. The topological polar surface area (TPSA) is 287 Å². The minimum atomic E-state index is -5.03. The second-order valence-electron chi connectivity index (χ2n) is 12.3. The Bertz CT molecular complexity index is 1870. The van der Waals surface area contributed by atoms with E-state index < -0.39 is 64.3 Å². The fourth-order valence-corrected chi connectivity index (χ4v) is 6.20. The number of aliphatic hydroxyl groups is 1. The van der Waals surface area contributed by atoms with Crippen molar-refractivity contribution < 1.29 is 56.1 Å². The van der Waals surface area contributed by atoms with E-state index in [1.54, 1.807) is 24.3 Å². The van der Waals surface area contributed by atoms with Gasteiger partial charge in [0.15, 0.2) is 17.4 Å². The summed E-state index contributed by atoms with van der Waals surface area (Å²) < 4.78 is 45.2. The summed E-state index contributed by atoms with van der Waals surface area (Å²) in [6.07, 6.45) is 1.50. The molecule has 0 spiro atoms. The van der Waals surface area contributed by atoms with E-state index in [0.717, 1.165) is 42.1 Å². The van der Waals surface area contributed by atoms with Crippen LogP contribution in [0.5, 0.6) is 5.75 Å². The Morgan fingerprint density at radius 1 is 1.25 bits per heavy atom. The smallest absolute Gasteiger partial charge is 0.418 e. The summed E-state index contributed by atoms with van der Waals surface area (Å²) in [6.45, 7) is 5.25. The molecule has 2 aliphatic rings. The lowest BCUT2D eigenvalue weighted by molar-refractivity contribution is -0.780. The number of hydrogen-bond donors (Lipinski definition) is 7. The van der Waals surface area contributed by atoms with Crippen molar-refractivity contribution in [1.29, 1.82) is 0 Å². The first kappa shape index (κ1) is 37.5. The molecule has 4 heterocycles. The third-order valence-corrected chi connectivity index (χ3v) is 9.14. The minimum Gasteiger partial charge on any atom is -0.489 e. The van der Waals surface area contributed by atoms with Crippen molar-refractivity contribution >= 4 is 50.4 Å². The summed E-state index contributed by atoms with van der Waals surface area (Å²) in [7, 11) is -5.03. The molecule has 0 unspecified atom stereocenters. The van der Waals surface area contributed by atoms with E-state index >= 15 is 0 Å². The highest BCUT2D eigenvalue weighted by Crippen LogP contribution is 2.33. The summed E-state index contributed by atoms with van der Waals surface area (Å²) in [5.74, 6) is -2.71. The van der Waals surface area contributed by atoms with Crippen LogP contribution in [0.1, 0.15) is 19.5 Å². The number of rotatable bonds is 17. The molecule has 9 N–H and O–H groups in total. The second-order valence-corrected chi connectivity index (χ2v) is 14.2. The van der Waals surface area contributed by atoms with E-state index in [1.165, 1.54) is 19.2 Å². The van der Waals surface area contributed by atoms with Crippen LogP contribution in [0.2, 0.25) is 0 Å². The zero-order chi connectivity index (χ0) is 37.1. The molecule has 0 radical (unpaired) electrons. The van der Waals surface area contributed by atoms with Gasteiger partial charge in [-0.2, -0.15) is 18.2 Å². The summed E-state index contributed by atoms with van der Waals surface area (Å²) in [6, 6.07) is 5.54. The van der Waals surface area contributed by atoms with Gasteiger partial charge in [0.2, 0.25) is 6.20 Å². The van der Waals surface area contributed by atoms with Gasteiger partial charge in [-0.3, -0.25) is 14.1 Å². The van der Waals surface area contributed by atoms with Crippen LogP contribution in [0.3, 0.4) is 0 Å². The molecule has 5 rings (SSSR count). The number of benzene rings is 1. The van der Waals surface area contributed by atoms with Crippen LogP contribution in [0.25, 0.3) is 11.1 Å². The molecular weight excluding hydrogens is 715 g/mol. The number of aromatic nitrogens is 3. The average molecular weight is 753 g/mol. The normalized spacial score (nSPS) is 18.8. The van der Waals surface area contributed by atoms with E-state index in [0.29, 0.717) is 23.3 Å². The number of ether oxygens (including phenoxy) is 1. The highest BCUT2D eigenvalue weighted by molar-refractivity contribution is 7.80. The number of thiazole rings is 1. The Kier molecular flexibility index (Phi) is 11.2. The molecule has 3 atom stereocenters. The SMILES string of the molecule is CC1(C)[C@H](NC(=O)/C(=N\O[C@@H](COc2ccc(-c3cn(CC4CNC4)[n+](C[C@@H](O)CN)c3)cc2)C(=O)O)c2csc(N)n2)C(=O)N1OS(=O)(=O)O. The quantitative estimate of drug-likeness (QED) is 0.0261. The lowest BCUT2D eigenvalue weighted by Crippen LogP contribution is -2.76. The van der Waals surface area contributed by atoms with Crippen molar-refractivity contribution in [2.75, 3.05) is 32.0 Å². The molecule has 2 amide bonds. The molecule has 3 aromatic rings. The average Bonchev–Trinajstić information content (AvgIpc) is 3.66. The largest absolute Gasteiger partial charge is 0.489 e. The fraction of sp³-hybridized carbons (Fsp3) is 0.448. The standard InChI is InChI=1S/C29H37N9O11S2/c1-29(2)24(26(41)38(29)49-51(44,45)46)34-25(40)23(21-15-50-28(31)33-21)35-48-22(27(42)43)14-47-20-5-3-17(4-6-20)18-11-36(10-16-8-32-9-16)37(12-18)13-19(39)7-30/h3-6,11-12,15-16,19,22,24,32,39H,7-10,13-14,30H2,1-2H3,(H4-,31,33,34,40,42,43,44,45,46)/p+1/b35-23-/t19-,22-,24+/m0/s1. The maximum atomic E-state index is 13.3. The number of aliphatic carboxylic acids is 1. The van der Waals surface area contributed by atoms with Crippen molar-refractivity contribution in [3.63, 3.8) is 0 Å². The van der Waals surface area contributed by atoms with Crippen LogP contribution in [-0.2, 0) is 47.0 Å². The van der Waals surface area contributed by atoms with E-state index in [-0.39, 0.29) is 17.4 Å². The summed E-state index contributed by atoms with van der Waals surface area (Å²) in [5, 5.41) is 31.1. The van der Waals surface area contributed by atoms with Crippen LogP contribution in [0.4, 0.5) is 5.13 Å². The van der Waals surface area contributed by atoms with Gasteiger partial charge in [-0.15, -0.1) is 20.3 Å². The van der Waals surface area contributed by atoms with Gasteiger partial charge in [0.25, 0.3) is 17.9 Å². The third kappa shape index (κ3) is 8.97. The predicted octanol–water partition coefficient (Wildman–Crippen LogP) is -1.89. The Labute approximate surface area is 295 Å². The highest BCUT2D eigenvalue weighted by Gasteiger charge is 2.58. The molecule has 22 heteroatoms. The molecule has 0 saturated carbocycles. The number of carbonyl (C=O) groups is 3. The first-order chi connectivity index (χ1) is 24.0. The predicted molar refractivity (Wildman–Crippen MR) is 178 cm³/mol. The van der Waals surface area contributed by atoms with Crippen molar-refractivity contribution in [2.45, 2.75) is 50.7 Å². The van der Waals surface area contributed by atoms with E-state index in [1.807, 2.05) is 21.8 Å². The number of β-lactam (4-membered cyclic amide) rings is 1. The molecule has 276 valence electrons. The van der Waals surface area contributed by atoms with Gasteiger partial charge >= 0.3 is 16.4 Å². The zero-order valence-corrected chi connectivity index (χ0v) is 29.0. The number of anilines is 1. The Morgan fingerprint density at radius 2 is 1.96 bits per heavy atom. The molecule has 20 nitrogen and oxygen atoms in total. The molecule has 2 saturated heterocycles. The van der Waals surface area contributed by atoms with Gasteiger partial charge in [0, 0.05) is 30.9 Å². The molecule has 1 aromatic carbocycles. The van der Waals surface area contributed by atoms with Gasteiger partial charge < -0.3 is 41.9 Å². The number of nitrogens with zero attached hydrogens (tertiary/aromatic N) is 5. The van der Waals surface area contributed by atoms with Crippen LogP contribution in [-0.4, -0.2) is 111 Å². The van der Waals surface area contributed by atoms with Crippen LogP contribution >= 0.6 is 11.3 Å². The van der Waals surface area contributed by atoms with Gasteiger partial charge in [-0.25, -0.2) is 9.78 Å². The minimum absolute atomic E-state index is 0.0510. The molecule has 0 bridgehead atoms. The number of oxime groups is 1. The number of carbonyl (C=O) groups excluding carboxylic acids is 2.